The second-order valence-electron chi connectivity index (χ2n) is 25.8. The molecule has 2 aliphatic rings. The minimum absolute atomic E-state index is 0.0518. The van der Waals surface area contributed by atoms with E-state index in [9.17, 15) is 171 Å². The summed E-state index contributed by atoms with van der Waals surface area (Å²) in [6, 6.07) is 5.31. The molecule has 0 bridgehead atoms. The summed E-state index contributed by atoms with van der Waals surface area (Å²) >= 11 is 0. The second kappa shape index (κ2) is 33.5. The number of cyclic esters (lactones) is 1. The summed E-state index contributed by atoms with van der Waals surface area (Å²) in [4.78, 5) is 143. The van der Waals surface area contributed by atoms with E-state index >= 15 is 14.4 Å². The summed E-state index contributed by atoms with van der Waals surface area (Å²) in [5.74, 6) is -57.7. The number of carbonyl (C=O) groups excluding carboxylic acids is 10. The maximum atomic E-state index is 15.2. The van der Waals surface area contributed by atoms with Crippen molar-refractivity contribution in [1.82, 2.24) is 0 Å². The third kappa shape index (κ3) is 16.9. The van der Waals surface area contributed by atoms with Crippen molar-refractivity contribution in [3.63, 3.8) is 0 Å². The Balaban J connectivity index is 1.05. The lowest BCUT2D eigenvalue weighted by Crippen LogP contribution is -2.63. The molecule has 0 unspecified atom stereocenters. The van der Waals surface area contributed by atoms with Crippen molar-refractivity contribution in [2.45, 2.75) is 55.1 Å². The van der Waals surface area contributed by atoms with Gasteiger partial charge < -0.3 is 190 Å². The van der Waals surface area contributed by atoms with Crippen LogP contribution < -0.4 is 4.74 Å². The first-order chi connectivity index (χ1) is 57.8. The van der Waals surface area contributed by atoms with E-state index in [0.29, 0.717) is 72.8 Å². The lowest BCUT2D eigenvalue weighted by Gasteiger charge is -2.43. The molecular formula is C75H56O48. The number of hydrogen-bond donors (Lipinski definition) is 27. The van der Waals surface area contributed by atoms with Gasteiger partial charge in [0.15, 0.2) is 175 Å². The Kier molecular flexibility index (Phi) is 23.5. The smallest absolute Gasteiger partial charge is 0.342 e. The van der Waals surface area contributed by atoms with Gasteiger partial charge in [-0.3, -0.25) is 4.79 Å². The zero-order chi connectivity index (χ0) is 90.4. The van der Waals surface area contributed by atoms with E-state index in [2.05, 4.69) is 0 Å². The molecule has 1 saturated heterocycles. The molecule has 123 heavy (non-hydrogen) atoms. The number of aromatic hydroxyl groups is 26. The van der Waals surface area contributed by atoms with Crippen molar-refractivity contribution < 1.29 is 238 Å². The van der Waals surface area contributed by atoms with Gasteiger partial charge in [0.2, 0.25) is 35.4 Å². The number of phenols is 26. The highest BCUT2D eigenvalue weighted by Crippen LogP contribution is 2.56. The van der Waals surface area contributed by atoms with Gasteiger partial charge in [-0.05, 0) is 78.9 Å². The maximum Gasteiger partial charge on any atom is 0.342 e. The first-order valence-electron chi connectivity index (χ1n) is 33.7. The van der Waals surface area contributed by atoms with Crippen LogP contribution in [0.15, 0.2) is 91.0 Å². The molecule has 9 aromatic rings. The quantitative estimate of drug-likeness (QED) is 0.0213. The molecule has 9 aromatic carbocycles. The van der Waals surface area contributed by atoms with Crippen LogP contribution in [0.4, 0.5) is 0 Å². The van der Waals surface area contributed by atoms with E-state index in [4.69, 9.17) is 52.1 Å². The number of phenolic OH excluding ortho intramolecular Hbond substituents is 26. The van der Waals surface area contributed by atoms with Gasteiger partial charge in [-0.1, -0.05) is 0 Å². The fraction of sp³-hybridized carbons (Fsp3) is 0.147. The molecule has 644 valence electrons. The minimum Gasteiger partial charge on any atom is -0.504 e. The Morgan fingerprint density at radius 1 is 0.366 bits per heavy atom. The van der Waals surface area contributed by atoms with E-state index in [-0.39, 0.29) is 18.2 Å². The molecule has 9 atom stereocenters. The van der Waals surface area contributed by atoms with Crippen LogP contribution in [-0.4, -0.2) is 266 Å². The third-order valence-corrected chi connectivity index (χ3v) is 17.9. The molecule has 48 nitrogen and oxygen atoms in total. The van der Waals surface area contributed by atoms with Gasteiger partial charge in [0, 0.05) is 23.3 Å². The fourth-order valence-corrected chi connectivity index (χ4v) is 11.8. The molecule has 2 heterocycles. The van der Waals surface area contributed by atoms with Gasteiger partial charge in [0.1, 0.15) is 31.0 Å². The third-order valence-electron chi connectivity index (χ3n) is 17.9. The highest BCUT2D eigenvalue weighted by molar-refractivity contribution is 6.09. The van der Waals surface area contributed by atoms with Crippen LogP contribution >= 0.6 is 0 Å². The van der Waals surface area contributed by atoms with E-state index in [1.54, 1.807) is 0 Å². The van der Waals surface area contributed by atoms with E-state index in [0.717, 1.165) is 0 Å². The average molecular weight is 1730 g/mol. The zero-order valence-electron chi connectivity index (χ0n) is 60.5. The van der Waals surface area contributed by atoms with Crippen LogP contribution in [0.3, 0.4) is 0 Å². The van der Waals surface area contributed by atoms with Gasteiger partial charge in [0.05, 0.1) is 44.5 Å². The van der Waals surface area contributed by atoms with E-state index < -0.39 is 351 Å². The Labute approximate surface area is 677 Å². The molecule has 48 heteroatoms. The van der Waals surface area contributed by atoms with Crippen molar-refractivity contribution in [2.75, 3.05) is 13.2 Å². The van der Waals surface area contributed by atoms with Crippen LogP contribution in [0.25, 0.3) is 11.1 Å². The number of esters is 9. The Morgan fingerprint density at radius 3 is 1.15 bits per heavy atom. The summed E-state index contributed by atoms with van der Waals surface area (Å²) in [7, 11) is 0. The molecule has 0 saturated carbocycles. The number of rotatable bonds is 21. The fourth-order valence-electron chi connectivity index (χ4n) is 11.8. The number of aldehydes is 1. The number of aliphatic hydroxyl groups excluding tert-OH is 1. The predicted molar refractivity (Wildman–Crippen MR) is 382 cm³/mol. The minimum atomic E-state index is -3.15. The lowest BCUT2D eigenvalue weighted by atomic mass is 9.91. The molecule has 0 radical (unpaired) electrons. The Hall–Kier alpha value is -17.6. The maximum absolute atomic E-state index is 15.2. The first kappa shape index (κ1) is 86.3. The zero-order valence-corrected chi connectivity index (χ0v) is 60.5. The van der Waals surface area contributed by atoms with Crippen molar-refractivity contribution in [1.29, 1.82) is 0 Å². The monoisotopic (exact) mass is 1720 g/mol. The van der Waals surface area contributed by atoms with Crippen LogP contribution in [0.1, 0.15) is 93.2 Å². The number of ether oxygens (including phenoxy) is 11. The standard InChI is InChI=1S/C75H56O48/c76-16-44(116-67(105)20-3-30(79)49(93)31(80)4-20)62(119-68(106)21-5-32(81)50(94)33(82)6-21)61(42(91)17-113-66(104)19-1-28(77)48(92)29(78)2-19)118-74(112)27-14-41(90)55(99)59(103)60(27)115-43-15-26-47(58(102)56(43)100)46-25(13-40(89)54(98)57(46)101)73(111)120-63-45(18-114-72(26)110)117-75(123-71(109)24-11-38(87)53(97)39(88)12-24)65(122-70(108)23-9-36(85)52(96)37(86)10-23)64(63)121-69(107)22-7-34(83)51(95)35(84)8-22/h1-16,42,44-45,61-65,75,77-103H,17-18H2/t42-,44-,45+,61-,62-,63+,64-,65+,75-/m0/s1. The van der Waals surface area contributed by atoms with Crippen molar-refractivity contribution >= 4 is 60.0 Å². The highest BCUT2D eigenvalue weighted by atomic mass is 16.8. The van der Waals surface area contributed by atoms with Gasteiger partial charge in [-0.25, -0.2) is 43.2 Å². The lowest BCUT2D eigenvalue weighted by molar-refractivity contribution is -0.282. The van der Waals surface area contributed by atoms with Gasteiger partial charge in [0.25, 0.3) is 0 Å². The summed E-state index contributed by atoms with van der Waals surface area (Å²) in [6.07, 6.45) is -26.5. The number of aliphatic hydroxyl groups is 1. The molecule has 0 aromatic heterocycles. The van der Waals surface area contributed by atoms with Crippen molar-refractivity contribution in [2.24, 2.45) is 0 Å². The summed E-state index contributed by atoms with van der Waals surface area (Å²) in [5.41, 5.74) is -13.4. The molecule has 2 aliphatic heterocycles. The molecule has 1 fully saturated rings. The number of benzene rings is 9. The van der Waals surface area contributed by atoms with Crippen LogP contribution in [0.5, 0.6) is 161 Å². The van der Waals surface area contributed by atoms with Crippen molar-refractivity contribution in [3.05, 3.63) is 141 Å². The second-order valence-corrected chi connectivity index (χ2v) is 25.8. The van der Waals surface area contributed by atoms with Crippen LogP contribution in [0.2, 0.25) is 0 Å². The SMILES string of the molecule is O=C[C@H](OC(=O)c1cc(O)c(O)c(O)c1)[C@H](OC(=O)c1cc(O)c(O)c(O)c1)[C@@H](OC(=O)c1cc(O)c(O)c(O)c1Oc1cc2c(c(O)c1O)-c1c(cc(O)c(O)c1O)C(=O)O[C@H]1[C@H](OC(=O)c3cc(O)c(O)c(O)c3)[C@@H](OC(=O)c3cc(O)c(O)c(O)c3)[C@H](OC(=O)c3cc(O)c(O)c(O)c3)O[C@@H]1COC2=O)[C@@H](O)COC(=O)c1cc(O)c(O)c(O)c1. The van der Waals surface area contributed by atoms with Gasteiger partial charge >= 0.3 is 53.7 Å². The van der Waals surface area contributed by atoms with Crippen molar-refractivity contribution in [3.8, 4) is 172 Å². The topological polar surface area (TPSA) is 818 Å². The Bertz CT molecular complexity index is 5790. The predicted octanol–water partition coefficient (Wildman–Crippen LogP) is 2.61. The summed E-state index contributed by atoms with van der Waals surface area (Å²) in [5, 5.41) is 289. The van der Waals surface area contributed by atoms with Gasteiger partial charge in [-0.15, -0.1) is 0 Å². The number of fused-ring (bicyclic) bond motifs is 4. The first-order valence-corrected chi connectivity index (χ1v) is 33.7. The van der Waals surface area contributed by atoms with Crippen LogP contribution in [0, 0.1) is 0 Å². The largest absolute Gasteiger partial charge is 0.504 e. The molecule has 0 amide bonds. The Morgan fingerprint density at radius 2 is 0.715 bits per heavy atom. The van der Waals surface area contributed by atoms with Crippen LogP contribution in [-0.2, 0) is 52.2 Å². The highest BCUT2D eigenvalue weighted by Gasteiger charge is 2.56. The summed E-state index contributed by atoms with van der Waals surface area (Å²) < 4.78 is 60.9. The molecule has 0 spiro atoms. The molecular weight excluding hydrogens is 1670 g/mol. The number of carbonyl (C=O) groups is 10. The van der Waals surface area contributed by atoms with E-state index in [1.165, 1.54) is 0 Å². The number of hydrogen-bond acceptors (Lipinski definition) is 48. The normalized spacial score (nSPS) is 16.4. The molecule has 11 rings (SSSR count). The van der Waals surface area contributed by atoms with E-state index in [1.807, 2.05) is 0 Å². The molecule has 0 aliphatic carbocycles. The molecule has 27 N–H and O–H groups in total. The van der Waals surface area contributed by atoms with Gasteiger partial charge in [-0.2, -0.15) is 0 Å². The summed E-state index contributed by atoms with van der Waals surface area (Å²) in [6.45, 7) is -3.36. The average Bonchev–Trinajstić information content (AvgIpc) is 1.73.